The lowest BCUT2D eigenvalue weighted by Crippen LogP contribution is -2.46. The van der Waals surface area contributed by atoms with E-state index >= 15 is 0 Å². The molecule has 2 fully saturated rings. The maximum atomic E-state index is 13.1. The average Bonchev–Trinajstić information content (AvgIpc) is 2.98. The number of hydrogen-bond acceptors (Lipinski definition) is 3. The topological polar surface area (TPSA) is 32.8 Å². The Hall–Kier alpha value is -1.62. The van der Waals surface area contributed by atoms with Gasteiger partial charge in [-0.15, -0.1) is 0 Å². The molecule has 4 nitrogen and oxygen atoms in total. The molecule has 0 aromatic heterocycles. The van der Waals surface area contributed by atoms with E-state index in [0.717, 1.165) is 38.0 Å². The Morgan fingerprint density at radius 2 is 2.00 bits per heavy atom. The van der Waals surface area contributed by atoms with E-state index < -0.39 is 0 Å². The highest BCUT2D eigenvalue weighted by Gasteiger charge is 2.44. The number of benzene rings is 1. The Balaban J connectivity index is 1.60. The molecule has 2 aliphatic heterocycles. The van der Waals surface area contributed by atoms with Crippen LogP contribution in [0.4, 0.5) is 10.1 Å². The molecule has 0 aliphatic carbocycles. The Morgan fingerprint density at radius 1 is 1.35 bits per heavy atom. The lowest BCUT2D eigenvalue weighted by atomic mass is 9.87. The van der Waals surface area contributed by atoms with Gasteiger partial charge in [0.05, 0.1) is 18.2 Å². The monoisotopic (exact) mass is 320 g/mol. The maximum Gasteiger partial charge on any atom is 0.222 e. The Bertz CT molecular complexity index is 553. The summed E-state index contributed by atoms with van der Waals surface area (Å²) in [5.74, 6) is 0.0204. The van der Waals surface area contributed by atoms with E-state index in [9.17, 15) is 9.18 Å². The van der Waals surface area contributed by atoms with Gasteiger partial charge in [-0.2, -0.15) is 0 Å². The Morgan fingerprint density at radius 3 is 2.61 bits per heavy atom. The quantitative estimate of drug-likeness (QED) is 0.858. The van der Waals surface area contributed by atoms with Crippen molar-refractivity contribution in [2.24, 2.45) is 0 Å². The zero-order valence-electron chi connectivity index (χ0n) is 13.9. The number of halogens is 1. The molecule has 23 heavy (non-hydrogen) atoms. The van der Waals surface area contributed by atoms with Crippen molar-refractivity contribution in [2.75, 3.05) is 31.6 Å². The molecule has 1 amide bonds. The molecule has 2 saturated heterocycles. The molecule has 0 saturated carbocycles. The summed E-state index contributed by atoms with van der Waals surface area (Å²) in [7, 11) is 2.04. The lowest BCUT2D eigenvalue weighted by Gasteiger charge is -2.39. The fourth-order valence-electron chi connectivity index (χ4n) is 3.69. The molecule has 0 bridgehead atoms. The van der Waals surface area contributed by atoms with Crippen LogP contribution in [0.15, 0.2) is 24.3 Å². The molecule has 1 atom stereocenters. The van der Waals surface area contributed by atoms with Crippen molar-refractivity contribution in [3.8, 4) is 0 Å². The van der Waals surface area contributed by atoms with Crippen molar-refractivity contribution in [2.45, 2.75) is 44.2 Å². The lowest BCUT2D eigenvalue weighted by molar-refractivity contribution is -0.135. The predicted octanol–water partition coefficient (Wildman–Crippen LogP) is 2.82. The van der Waals surface area contributed by atoms with Crippen LogP contribution in [0.1, 0.15) is 32.6 Å². The Kier molecular flexibility index (Phi) is 4.57. The first-order chi connectivity index (χ1) is 11.0. The highest BCUT2D eigenvalue weighted by atomic mass is 19.1. The fraction of sp³-hybridized carbons (Fsp3) is 0.611. The maximum absolute atomic E-state index is 13.1. The van der Waals surface area contributed by atoms with E-state index in [4.69, 9.17) is 4.74 Å². The number of amides is 1. The molecule has 126 valence electrons. The van der Waals surface area contributed by atoms with Crippen molar-refractivity contribution >= 4 is 11.6 Å². The molecule has 1 aromatic rings. The summed E-state index contributed by atoms with van der Waals surface area (Å²) in [6.07, 6.45) is 3.36. The van der Waals surface area contributed by atoms with E-state index in [1.165, 1.54) is 12.1 Å². The molecule has 2 aliphatic rings. The van der Waals surface area contributed by atoms with Gasteiger partial charge in [-0.05, 0) is 43.5 Å². The molecule has 2 heterocycles. The van der Waals surface area contributed by atoms with Gasteiger partial charge in [0.25, 0.3) is 0 Å². The highest BCUT2D eigenvalue weighted by molar-refractivity contribution is 5.75. The van der Waals surface area contributed by atoms with Crippen LogP contribution in [0, 0.1) is 5.82 Å². The number of hydrogen-bond donors (Lipinski definition) is 0. The second kappa shape index (κ2) is 6.48. The van der Waals surface area contributed by atoms with Gasteiger partial charge in [0.2, 0.25) is 5.91 Å². The van der Waals surface area contributed by atoms with Gasteiger partial charge in [0, 0.05) is 32.2 Å². The largest absolute Gasteiger partial charge is 0.373 e. The second-order valence-corrected chi connectivity index (χ2v) is 6.67. The minimum absolute atomic E-state index is 0.0938. The fourth-order valence-corrected chi connectivity index (χ4v) is 3.69. The number of carbonyl (C=O) groups excluding carboxylic acids is 1. The molecule has 0 unspecified atom stereocenters. The molecule has 0 N–H and O–H groups in total. The standard InChI is InChI=1S/C18H25FN2O2/c1-3-17(22)21-10-8-18(9-11-21)12-16(13-23-18)20(2)15-6-4-14(19)5-7-15/h4-7,16H,3,8-13H2,1-2H3/t16-/m1/s1. The number of carbonyl (C=O) groups is 1. The summed E-state index contributed by atoms with van der Waals surface area (Å²) in [5.41, 5.74) is 0.916. The normalized spacial score (nSPS) is 23.3. The van der Waals surface area contributed by atoms with Crippen LogP contribution >= 0.6 is 0 Å². The number of nitrogens with zero attached hydrogens (tertiary/aromatic N) is 2. The zero-order chi connectivity index (χ0) is 16.4. The van der Waals surface area contributed by atoms with Crippen LogP contribution in [0.2, 0.25) is 0 Å². The third-order valence-electron chi connectivity index (χ3n) is 5.30. The van der Waals surface area contributed by atoms with E-state index in [2.05, 4.69) is 4.90 Å². The van der Waals surface area contributed by atoms with Gasteiger partial charge in [-0.1, -0.05) is 6.92 Å². The number of ether oxygens (including phenoxy) is 1. The number of anilines is 1. The molecule has 5 heteroatoms. The SMILES string of the molecule is CCC(=O)N1CCC2(CC1)C[C@@H](N(C)c1ccc(F)cc1)CO2. The van der Waals surface area contributed by atoms with E-state index in [-0.39, 0.29) is 17.3 Å². The number of rotatable bonds is 3. The van der Waals surface area contributed by atoms with Gasteiger partial charge >= 0.3 is 0 Å². The van der Waals surface area contributed by atoms with Crippen LogP contribution in [0.5, 0.6) is 0 Å². The number of likely N-dealkylation sites (tertiary alicyclic amines) is 1. The van der Waals surface area contributed by atoms with E-state index in [0.29, 0.717) is 19.1 Å². The first kappa shape index (κ1) is 16.2. The second-order valence-electron chi connectivity index (χ2n) is 6.67. The van der Waals surface area contributed by atoms with Gasteiger partial charge < -0.3 is 14.5 Å². The van der Waals surface area contributed by atoms with Gasteiger partial charge in [0.15, 0.2) is 0 Å². The van der Waals surface area contributed by atoms with Gasteiger partial charge in [-0.25, -0.2) is 4.39 Å². The molecule has 1 aromatic carbocycles. The van der Waals surface area contributed by atoms with E-state index in [1.54, 1.807) is 0 Å². The Labute approximate surface area is 137 Å². The molecule has 0 radical (unpaired) electrons. The third-order valence-corrected chi connectivity index (χ3v) is 5.30. The van der Waals surface area contributed by atoms with Gasteiger partial charge in [-0.3, -0.25) is 4.79 Å². The minimum atomic E-state index is -0.214. The predicted molar refractivity (Wildman–Crippen MR) is 88.0 cm³/mol. The van der Waals surface area contributed by atoms with Crippen molar-refractivity contribution in [1.82, 2.24) is 4.90 Å². The summed E-state index contributed by atoms with van der Waals surface area (Å²) in [6, 6.07) is 6.90. The smallest absolute Gasteiger partial charge is 0.222 e. The van der Waals surface area contributed by atoms with Crippen molar-refractivity contribution in [1.29, 1.82) is 0 Å². The first-order valence-corrected chi connectivity index (χ1v) is 8.43. The van der Waals surface area contributed by atoms with Crippen LogP contribution in [0.3, 0.4) is 0 Å². The summed E-state index contributed by atoms with van der Waals surface area (Å²) in [6.45, 7) is 4.18. The van der Waals surface area contributed by atoms with E-state index in [1.807, 2.05) is 31.0 Å². The number of likely N-dealkylation sites (N-methyl/N-ethyl adjacent to an activating group) is 1. The molecular weight excluding hydrogens is 295 g/mol. The van der Waals surface area contributed by atoms with Crippen molar-refractivity contribution in [3.05, 3.63) is 30.1 Å². The van der Waals surface area contributed by atoms with Crippen LogP contribution in [0.25, 0.3) is 0 Å². The first-order valence-electron chi connectivity index (χ1n) is 8.43. The molecule has 1 spiro atoms. The van der Waals surface area contributed by atoms with Crippen LogP contribution in [-0.2, 0) is 9.53 Å². The summed E-state index contributed by atoms with van der Waals surface area (Å²) < 4.78 is 19.2. The van der Waals surface area contributed by atoms with Crippen molar-refractivity contribution < 1.29 is 13.9 Å². The van der Waals surface area contributed by atoms with Crippen LogP contribution < -0.4 is 4.90 Å². The van der Waals surface area contributed by atoms with Crippen molar-refractivity contribution in [3.63, 3.8) is 0 Å². The molecular formula is C18H25FN2O2. The van der Waals surface area contributed by atoms with Gasteiger partial charge in [0.1, 0.15) is 5.82 Å². The summed E-state index contributed by atoms with van der Waals surface area (Å²) in [4.78, 5) is 15.9. The summed E-state index contributed by atoms with van der Waals surface area (Å²) in [5, 5.41) is 0. The summed E-state index contributed by atoms with van der Waals surface area (Å²) >= 11 is 0. The molecule has 3 rings (SSSR count). The zero-order valence-corrected chi connectivity index (χ0v) is 13.9. The minimum Gasteiger partial charge on any atom is -0.373 e. The average molecular weight is 320 g/mol. The van der Waals surface area contributed by atoms with Crippen LogP contribution in [-0.4, -0.2) is 49.2 Å². The number of piperidine rings is 1. The highest BCUT2D eigenvalue weighted by Crippen LogP contribution is 2.38. The third kappa shape index (κ3) is 3.34.